The molecule has 1 atom stereocenters. The van der Waals surface area contributed by atoms with Gasteiger partial charge < -0.3 is 4.74 Å². The van der Waals surface area contributed by atoms with Crippen molar-refractivity contribution in [2.24, 2.45) is 0 Å². The van der Waals surface area contributed by atoms with Crippen molar-refractivity contribution in [3.63, 3.8) is 0 Å². The zero-order chi connectivity index (χ0) is 15.6. The summed E-state index contributed by atoms with van der Waals surface area (Å²) in [5, 5.41) is 0. The number of rotatable bonds is 4. The first kappa shape index (κ1) is 15.1. The maximum absolute atomic E-state index is 12.7. The Morgan fingerprint density at radius 1 is 1.09 bits per heavy atom. The first-order chi connectivity index (χ1) is 10.6. The van der Waals surface area contributed by atoms with E-state index < -0.39 is 10.0 Å². The van der Waals surface area contributed by atoms with Gasteiger partial charge in [0.1, 0.15) is 5.75 Å². The van der Waals surface area contributed by atoms with Gasteiger partial charge in [-0.05, 0) is 30.0 Å². The van der Waals surface area contributed by atoms with Crippen LogP contribution in [0.25, 0.3) is 0 Å². The molecule has 3 rings (SSSR count). The van der Waals surface area contributed by atoms with Crippen molar-refractivity contribution in [3.05, 3.63) is 60.2 Å². The smallest absolute Gasteiger partial charge is 0.243 e. The number of hydrogen-bond acceptors (Lipinski definition) is 3. The van der Waals surface area contributed by atoms with Gasteiger partial charge in [0.2, 0.25) is 10.0 Å². The molecule has 1 heterocycles. The van der Waals surface area contributed by atoms with Gasteiger partial charge in [-0.1, -0.05) is 36.4 Å². The molecule has 0 aliphatic carbocycles. The quantitative estimate of drug-likeness (QED) is 0.871. The Hall–Kier alpha value is -1.85. The minimum atomic E-state index is -3.46. The highest BCUT2D eigenvalue weighted by molar-refractivity contribution is 7.89. The van der Waals surface area contributed by atoms with E-state index in [4.69, 9.17) is 4.74 Å². The molecule has 1 aliphatic rings. The summed E-state index contributed by atoms with van der Waals surface area (Å²) in [6.07, 6.45) is 0.854. The third kappa shape index (κ3) is 2.87. The van der Waals surface area contributed by atoms with Crippen molar-refractivity contribution < 1.29 is 13.2 Å². The van der Waals surface area contributed by atoms with E-state index in [-0.39, 0.29) is 5.92 Å². The van der Waals surface area contributed by atoms with Gasteiger partial charge in [-0.25, -0.2) is 8.42 Å². The average Bonchev–Trinajstić information content (AvgIpc) is 3.06. The maximum Gasteiger partial charge on any atom is 0.243 e. The number of benzene rings is 2. The molecule has 0 radical (unpaired) electrons. The van der Waals surface area contributed by atoms with Crippen LogP contribution in [0.1, 0.15) is 17.9 Å². The van der Waals surface area contributed by atoms with Crippen LogP contribution in [-0.4, -0.2) is 32.9 Å². The number of nitrogens with zero attached hydrogens (tertiary/aromatic N) is 1. The van der Waals surface area contributed by atoms with Crippen LogP contribution in [0.2, 0.25) is 0 Å². The highest BCUT2D eigenvalue weighted by Gasteiger charge is 2.33. The van der Waals surface area contributed by atoms with E-state index in [1.54, 1.807) is 28.6 Å². The van der Waals surface area contributed by atoms with Crippen LogP contribution < -0.4 is 4.74 Å². The lowest BCUT2D eigenvalue weighted by Crippen LogP contribution is -2.28. The van der Waals surface area contributed by atoms with E-state index in [2.05, 4.69) is 12.1 Å². The van der Waals surface area contributed by atoms with E-state index in [1.807, 2.05) is 18.2 Å². The molecule has 0 N–H and O–H groups in total. The first-order valence-electron chi connectivity index (χ1n) is 7.30. The average molecular weight is 317 g/mol. The molecule has 0 saturated carbocycles. The lowest BCUT2D eigenvalue weighted by atomic mass is 9.99. The van der Waals surface area contributed by atoms with Crippen molar-refractivity contribution in [2.75, 3.05) is 20.2 Å². The Balaban J connectivity index is 1.82. The summed E-state index contributed by atoms with van der Waals surface area (Å²) in [5.41, 5.74) is 1.20. The van der Waals surface area contributed by atoms with Gasteiger partial charge in [0.05, 0.1) is 12.0 Å². The molecule has 0 amide bonds. The Labute approximate surface area is 131 Å². The number of ether oxygens (including phenoxy) is 1. The number of hydrogen-bond donors (Lipinski definition) is 0. The van der Waals surface area contributed by atoms with Gasteiger partial charge in [-0.3, -0.25) is 0 Å². The zero-order valence-electron chi connectivity index (χ0n) is 12.5. The van der Waals surface area contributed by atoms with Crippen LogP contribution in [0.5, 0.6) is 5.75 Å². The second-order valence-electron chi connectivity index (χ2n) is 5.44. The molecule has 0 aromatic heterocycles. The highest BCUT2D eigenvalue weighted by atomic mass is 32.2. The van der Waals surface area contributed by atoms with E-state index in [1.165, 1.54) is 12.7 Å². The third-order valence-electron chi connectivity index (χ3n) is 4.10. The van der Waals surface area contributed by atoms with Crippen molar-refractivity contribution in [3.8, 4) is 5.75 Å². The van der Waals surface area contributed by atoms with E-state index in [0.29, 0.717) is 23.7 Å². The van der Waals surface area contributed by atoms with Crippen molar-refractivity contribution >= 4 is 10.0 Å². The van der Waals surface area contributed by atoms with Crippen LogP contribution in [0.4, 0.5) is 0 Å². The van der Waals surface area contributed by atoms with Crippen LogP contribution in [0.3, 0.4) is 0 Å². The van der Waals surface area contributed by atoms with Crippen LogP contribution >= 0.6 is 0 Å². The van der Waals surface area contributed by atoms with Gasteiger partial charge in [-0.15, -0.1) is 0 Å². The molecule has 4 nitrogen and oxygen atoms in total. The SMILES string of the molecule is COc1cccc(S(=O)(=O)N2CCC(c3ccccc3)C2)c1. The molecule has 1 unspecified atom stereocenters. The molecule has 1 fully saturated rings. The molecule has 2 aromatic carbocycles. The second-order valence-corrected chi connectivity index (χ2v) is 7.38. The summed E-state index contributed by atoms with van der Waals surface area (Å²) in [7, 11) is -1.92. The van der Waals surface area contributed by atoms with E-state index >= 15 is 0 Å². The van der Waals surface area contributed by atoms with Gasteiger partial charge in [0.25, 0.3) is 0 Å². The summed E-state index contributed by atoms with van der Waals surface area (Å²) < 4.78 is 32.2. The number of methoxy groups -OCH3 is 1. The topological polar surface area (TPSA) is 46.6 Å². The predicted molar refractivity (Wildman–Crippen MR) is 85.6 cm³/mol. The van der Waals surface area contributed by atoms with Crippen LogP contribution in [0.15, 0.2) is 59.5 Å². The van der Waals surface area contributed by atoms with Gasteiger partial charge in [0, 0.05) is 19.2 Å². The molecular weight excluding hydrogens is 298 g/mol. The lowest BCUT2D eigenvalue weighted by molar-refractivity contribution is 0.412. The van der Waals surface area contributed by atoms with Crippen molar-refractivity contribution in [1.29, 1.82) is 0 Å². The molecule has 116 valence electrons. The second kappa shape index (κ2) is 6.10. The summed E-state index contributed by atoms with van der Waals surface area (Å²) in [6, 6.07) is 16.7. The molecule has 0 spiro atoms. The molecule has 0 bridgehead atoms. The van der Waals surface area contributed by atoms with Gasteiger partial charge in [-0.2, -0.15) is 4.31 Å². The summed E-state index contributed by atoms with van der Waals surface area (Å²) >= 11 is 0. The summed E-state index contributed by atoms with van der Waals surface area (Å²) in [6.45, 7) is 1.09. The standard InChI is InChI=1S/C17H19NO3S/c1-21-16-8-5-9-17(12-16)22(19,20)18-11-10-15(13-18)14-6-3-2-4-7-14/h2-9,12,15H,10-11,13H2,1H3. The third-order valence-corrected chi connectivity index (χ3v) is 5.96. The Morgan fingerprint density at radius 2 is 1.86 bits per heavy atom. The molecule has 2 aromatic rings. The fourth-order valence-electron chi connectivity index (χ4n) is 2.85. The van der Waals surface area contributed by atoms with Crippen LogP contribution in [0, 0.1) is 0 Å². The molecule has 1 aliphatic heterocycles. The minimum absolute atomic E-state index is 0.265. The zero-order valence-corrected chi connectivity index (χ0v) is 13.3. The fourth-order valence-corrected chi connectivity index (χ4v) is 4.39. The highest BCUT2D eigenvalue weighted by Crippen LogP contribution is 2.31. The first-order valence-corrected chi connectivity index (χ1v) is 8.74. The molecule has 1 saturated heterocycles. The molecule has 22 heavy (non-hydrogen) atoms. The predicted octanol–water partition coefficient (Wildman–Crippen LogP) is 2.87. The maximum atomic E-state index is 12.7. The Bertz CT molecular complexity index is 744. The van der Waals surface area contributed by atoms with Crippen molar-refractivity contribution in [2.45, 2.75) is 17.2 Å². The Kier molecular flexibility index (Phi) is 4.18. The fraction of sp³-hybridized carbons (Fsp3) is 0.294. The molecule has 5 heteroatoms. The minimum Gasteiger partial charge on any atom is -0.497 e. The lowest BCUT2D eigenvalue weighted by Gasteiger charge is -2.17. The number of sulfonamides is 1. The Morgan fingerprint density at radius 3 is 2.59 bits per heavy atom. The van der Waals surface area contributed by atoms with E-state index in [9.17, 15) is 8.42 Å². The van der Waals surface area contributed by atoms with Gasteiger partial charge in [0.15, 0.2) is 0 Å². The molecular formula is C17H19NO3S. The largest absolute Gasteiger partial charge is 0.497 e. The van der Waals surface area contributed by atoms with Crippen molar-refractivity contribution in [1.82, 2.24) is 4.31 Å². The monoisotopic (exact) mass is 317 g/mol. The normalized spacial score (nSPS) is 19.2. The van der Waals surface area contributed by atoms with Crippen LogP contribution in [-0.2, 0) is 10.0 Å². The summed E-state index contributed by atoms with van der Waals surface area (Å²) in [4.78, 5) is 0.292. The summed E-state index contributed by atoms with van der Waals surface area (Å²) in [5.74, 6) is 0.821. The van der Waals surface area contributed by atoms with E-state index in [0.717, 1.165) is 6.42 Å². The van der Waals surface area contributed by atoms with Gasteiger partial charge >= 0.3 is 0 Å².